The maximum atomic E-state index is 12.1. The molecule has 456 valence electrons. The molecule has 0 amide bonds. The monoisotopic (exact) mass is 1150 g/mol. The third kappa shape index (κ3) is 12.9. The topological polar surface area (TPSA) is 585 Å². The van der Waals surface area contributed by atoms with E-state index in [4.69, 9.17) is 61.6 Å². The van der Waals surface area contributed by atoms with Gasteiger partial charge in [-0.1, -0.05) is 0 Å². The van der Waals surface area contributed by atoms with Gasteiger partial charge >= 0.3 is 0 Å². The Labute approximate surface area is 439 Å². The molecule has 78 heavy (non-hydrogen) atoms. The molecule has 0 bridgehead atoms. The van der Waals surface area contributed by atoms with Crippen molar-refractivity contribution in [3.8, 4) is 0 Å². The van der Waals surface area contributed by atoms with Crippen LogP contribution in [0.2, 0.25) is 0 Å². The number of hydrogen-bond acceptors (Lipinski definition) is 36. The number of rotatable bonds is 19. The largest absolute Gasteiger partial charge is 0.394 e. The molecule has 7 aliphatic rings. The van der Waals surface area contributed by atoms with Gasteiger partial charge in [-0.15, -0.1) is 0 Å². The SMILES string of the molecule is OC[C@H]1O[13CH](O[C@H]2[C@@H](O[C@H]3[C@H](O)[C@@H](O)[C@@H](O[C@H]4[C@H](O)[C@@H](O)[C@@H](O)O[C@@H]4CO)O[C@@H]3CO)O[C@H](CO)[C@@H](O[C@H]3O[C@H](CO)[C@@H](O[C@H]4O[C@H](CO)[C@@H](O[C@H]5O[C@H](CO)[C@@H](O)[C@H](O)[C@H]5O)[C@H](O)[C@H]4O)[C@H](O)[C@H]3O)[C@@H]2O)[C@H](O)[C@@H](O)[C@H]1O. The Bertz CT molecular complexity index is 1810. The van der Waals surface area contributed by atoms with Crippen molar-refractivity contribution in [3.63, 3.8) is 0 Å². The van der Waals surface area contributed by atoms with Crippen LogP contribution in [0, 0.1) is 0 Å². The van der Waals surface area contributed by atoms with Gasteiger partial charge in [-0.05, 0) is 0 Å². The molecule has 0 aliphatic carbocycles. The summed E-state index contributed by atoms with van der Waals surface area (Å²) in [4.78, 5) is 0. The minimum absolute atomic E-state index is 0.859. The number of hydrogen-bond donors (Lipinski definition) is 23. The maximum Gasteiger partial charge on any atom is 0.187 e. The second-order valence-corrected chi connectivity index (χ2v) is 19.6. The molecular weight excluding hydrogens is 1080 g/mol. The molecule has 7 rings (SSSR count). The summed E-state index contributed by atoms with van der Waals surface area (Å²) in [5.41, 5.74) is 0. The Hall–Kier alpha value is -1.44. The molecular formula is C42H72O36. The average molecular weight is 1150 g/mol. The summed E-state index contributed by atoms with van der Waals surface area (Å²) in [6, 6.07) is 0. The van der Waals surface area contributed by atoms with Crippen molar-refractivity contribution < 1.29 is 179 Å². The van der Waals surface area contributed by atoms with Gasteiger partial charge < -0.3 is 179 Å². The highest BCUT2D eigenvalue weighted by atomic mass is 16.8. The first-order valence-electron chi connectivity index (χ1n) is 24.7. The molecule has 7 aliphatic heterocycles. The zero-order valence-corrected chi connectivity index (χ0v) is 40.8. The van der Waals surface area contributed by atoms with E-state index >= 15 is 0 Å². The molecule has 7 saturated heterocycles. The molecule has 0 aromatic rings. The Morgan fingerprint density at radius 3 is 0.718 bits per heavy atom. The number of aliphatic hydroxyl groups is 23. The Morgan fingerprint density at radius 1 is 0.192 bits per heavy atom. The predicted molar refractivity (Wildman–Crippen MR) is 232 cm³/mol. The molecule has 0 aromatic heterocycles. The summed E-state index contributed by atoms with van der Waals surface area (Å²) in [5, 5.41) is 244. The third-order valence-corrected chi connectivity index (χ3v) is 14.5. The summed E-state index contributed by atoms with van der Waals surface area (Å²) in [5.74, 6) is 0. The van der Waals surface area contributed by atoms with E-state index in [9.17, 15) is 117 Å². The Kier molecular flexibility index (Phi) is 22.6. The van der Waals surface area contributed by atoms with Crippen LogP contribution in [0.3, 0.4) is 0 Å². The van der Waals surface area contributed by atoms with E-state index in [1.807, 2.05) is 0 Å². The van der Waals surface area contributed by atoms with E-state index in [0.717, 1.165) is 0 Å². The van der Waals surface area contributed by atoms with Gasteiger partial charge in [0.05, 0.1) is 46.2 Å². The van der Waals surface area contributed by atoms with Crippen molar-refractivity contribution in [2.45, 2.75) is 215 Å². The second-order valence-electron chi connectivity index (χ2n) is 19.6. The van der Waals surface area contributed by atoms with Crippen LogP contribution >= 0.6 is 0 Å². The molecule has 7 heterocycles. The van der Waals surface area contributed by atoms with E-state index < -0.39 is 261 Å². The molecule has 0 aromatic carbocycles. The quantitative estimate of drug-likeness (QED) is 0.0534. The van der Waals surface area contributed by atoms with Crippen molar-refractivity contribution in [1.29, 1.82) is 0 Å². The lowest BCUT2D eigenvalue weighted by Crippen LogP contribution is -2.69. The first kappa shape index (κ1) is 64.1. The first-order chi connectivity index (χ1) is 37.0. The average Bonchev–Trinajstić information content (AvgIpc) is 3.50. The highest BCUT2D eigenvalue weighted by Crippen LogP contribution is 2.38. The smallest absolute Gasteiger partial charge is 0.187 e. The van der Waals surface area contributed by atoms with Gasteiger partial charge in [0.15, 0.2) is 44.0 Å². The number of ether oxygens (including phenoxy) is 13. The highest BCUT2D eigenvalue weighted by molar-refractivity contribution is 5.01. The molecule has 0 spiro atoms. The van der Waals surface area contributed by atoms with E-state index in [-0.39, 0.29) is 0 Å². The standard InChI is InChI=1S/C42H72O36/c43-1-8-15(50)17(52)24(59)37(67-8)74-31-11(4-46)69-40(26(61)20(31)55)75-32-12(5-47)70-41(27(62)21(32)56)76-34-14(7-49)72-42(35(29(34)64)78-38-25(60)18(53)16(51)9(2-44)68-38)77-33-13(6-48)71-39(28(63)22(33)57)73-30-10(3-45)66-36(65)23(58)19(30)54/h8-65H,1-7H2/t8-,9-,10-,11-,12-,13-,14-,15-,16+,17+,18+,19-,20-,21-,22-,23-,24-,25-,26-,27-,28-,29+,30-,31-,32-,33-,34-,35-,36+,37-,38?,39-,40-,41-,42-/m1/s1/i38+1. The van der Waals surface area contributed by atoms with Crippen LogP contribution in [0.5, 0.6) is 0 Å². The molecule has 23 N–H and O–H groups in total. The Morgan fingerprint density at radius 2 is 0.410 bits per heavy atom. The van der Waals surface area contributed by atoms with Gasteiger partial charge in [-0.25, -0.2) is 0 Å². The highest BCUT2D eigenvalue weighted by Gasteiger charge is 2.59. The third-order valence-electron chi connectivity index (χ3n) is 14.5. The molecule has 7 fully saturated rings. The van der Waals surface area contributed by atoms with Crippen molar-refractivity contribution in [3.05, 3.63) is 0 Å². The second kappa shape index (κ2) is 27.5. The van der Waals surface area contributed by atoms with Crippen LogP contribution in [0.1, 0.15) is 0 Å². The predicted octanol–water partition coefficient (Wildman–Crippen LogP) is -16.3. The van der Waals surface area contributed by atoms with Gasteiger partial charge in [0.1, 0.15) is 171 Å². The fraction of sp³-hybridized carbons (Fsp3) is 1.00. The van der Waals surface area contributed by atoms with Gasteiger partial charge in [-0.3, -0.25) is 0 Å². The minimum atomic E-state index is -2.32. The van der Waals surface area contributed by atoms with Crippen molar-refractivity contribution >= 4 is 0 Å². The van der Waals surface area contributed by atoms with Gasteiger partial charge in [0, 0.05) is 0 Å². The zero-order valence-electron chi connectivity index (χ0n) is 40.8. The summed E-state index contributed by atoms with van der Waals surface area (Å²) >= 11 is 0. The summed E-state index contributed by atoms with van der Waals surface area (Å²) in [6.45, 7) is -7.10. The van der Waals surface area contributed by atoms with Crippen LogP contribution in [0.4, 0.5) is 0 Å². The van der Waals surface area contributed by atoms with Crippen molar-refractivity contribution in [2.75, 3.05) is 46.2 Å². The number of aliphatic hydroxyl groups excluding tert-OH is 23. The zero-order chi connectivity index (χ0) is 57.3. The minimum Gasteiger partial charge on any atom is -0.394 e. The van der Waals surface area contributed by atoms with Crippen LogP contribution in [-0.2, 0) is 61.6 Å². The maximum absolute atomic E-state index is 12.1. The summed E-state index contributed by atoms with van der Waals surface area (Å²) < 4.78 is 73.1. The molecule has 35 atom stereocenters. The fourth-order valence-corrected chi connectivity index (χ4v) is 9.99. The van der Waals surface area contributed by atoms with E-state index in [2.05, 4.69) is 0 Å². The van der Waals surface area contributed by atoms with E-state index in [1.165, 1.54) is 0 Å². The molecule has 1 unspecified atom stereocenters. The normalized spacial score (nSPS) is 53.5. The van der Waals surface area contributed by atoms with Gasteiger partial charge in [0.25, 0.3) is 0 Å². The fourth-order valence-electron chi connectivity index (χ4n) is 9.99. The van der Waals surface area contributed by atoms with Crippen molar-refractivity contribution in [1.82, 2.24) is 0 Å². The van der Waals surface area contributed by atoms with E-state index in [1.54, 1.807) is 0 Å². The Balaban J connectivity index is 1.08. The van der Waals surface area contributed by atoms with Crippen molar-refractivity contribution in [2.24, 2.45) is 0 Å². The van der Waals surface area contributed by atoms with Crippen LogP contribution in [-0.4, -0.2) is 379 Å². The van der Waals surface area contributed by atoms with Crippen LogP contribution in [0.15, 0.2) is 0 Å². The summed E-state index contributed by atoms with van der Waals surface area (Å²) in [7, 11) is 0. The lowest BCUT2D eigenvalue weighted by molar-refractivity contribution is -0.409. The van der Waals surface area contributed by atoms with Crippen LogP contribution in [0.25, 0.3) is 0 Å². The van der Waals surface area contributed by atoms with E-state index in [0.29, 0.717) is 0 Å². The van der Waals surface area contributed by atoms with Crippen LogP contribution < -0.4 is 0 Å². The molecule has 36 heteroatoms. The lowest BCUT2D eigenvalue weighted by atomic mass is 9.95. The molecule has 36 nitrogen and oxygen atoms in total. The molecule has 0 radical (unpaired) electrons. The van der Waals surface area contributed by atoms with Gasteiger partial charge in [0.2, 0.25) is 0 Å². The van der Waals surface area contributed by atoms with Gasteiger partial charge in [-0.2, -0.15) is 0 Å². The lowest BCUT2D eigenvalue weighted by Gasteiger charge is -2.51. The first-order valence-corrected chi connectivity index (χ1v) is 24.7. The molecule has 0 saturated carbocycles. The summed E-state index contributed by atoms with van der Waals surface area (Å²) in [6.07, 6.45) is -69.4.